The third-order valence-corrected chi connectivity index (χ3v) is 5.52. The number of nitrogens with one attached hydrogen (secondary N) is 2. The largest absolute Gasteiger partial charge is 0.491 e. The van der Waals surface area contributed by atoms with E-state index in [9.17, 15) is 31.1 Å². The van der Waals surface area contributed by atoms with Crippen LogP contribution in [0.25, 0.3) is 16.6 Å². The van der Waals surface area contributed by atoms with Crippen molar-refractivity contribution < 1.29 is 55.7 Å². The molecule has 0 bridgehead atoms. The smallest absolute Gasteiger partial charge is 0.490 e. The summed E-state index contributed by atoms with van der Waals surface area (Å²) in [6.45, 7) is 2.75. The number of hydrogen-bond acceptors (Lipinski definition) is 9. The fraction of sp³-hybridized carbons (Fsp3) is 0.304. The molecule has 44 heavy (non-hydrogen) atoms. The van der Waals surface area contributed by atoms with Crippen LogP contribution in [0.1, 0.15) is 35.3 Å². The van der Waals surface area contributed by atoms with Crippen molar-refractivity contribution in [3.05, 3.63) is 46.9 Å². The summed E-state index contributed by atoms with van der Waals surface area (Å²) in [6.07, 6.45) is -4.60. The SMILES string of the molecule is CC(NC(=O)c1c(N)nn2cccnc12)c1cc(Cl)c2cn[nH]c2c1OCCCN.O=C(O)C(F)(F)F.O=C(O)C(F)(F)F. The molecule has 4 rings (SSSR count). The van der Waals surface area contributed by atoms with Crippen molar-refractivity contribution >= 4 is 51.8 Å². The van der Waals surface area contributed by atoms with E-state index in [0.717, 1.165) is 5.39 Å². The average Bonchev–Trinajstić information content (AvgIpc) is 3.54. The number of halogens is 7. The van der Waals surface area contributed by atoms with Gasteiger partial charge in [-0.25, -0.2) is 19.1 Å². The van der Waals surface area contributed by atoms with E-state index in [1.165, 1.54) is 4.52 Å². The highest BCUT2D eigenvalue weighted by Gasteiger charge is 2.38. The number of nitrogen functional groups attached to an aromatic ring is 1. The summed E-state index contributed by atoms with van der Waals surface area (Å²) < 4.78 is 70.9. The van der Waals surface area contributed by atoms with E-state index in [1.54, 1.807) is 30.7 Å². The number of carbonyl (C=O) groups is 3. The van der Waals surface area contributed by atoms with Crippen molar-refractivity contribution in [3.63, 3.8) is 0 Å². The molecular weight excluding hydrogens is 634 g/mol. The van der Waals surface area contributed by atoms with Crippen LogP contribution in [-0.4, -0.2) is 78.4 Å². The summed E-state index contributed by atoms with van der Waals surface area (Å²) in [5, 5.41) is 29.5. The minimum atomic E-state index is -5.08. The number of amides is 1. The van der Waals surface area contributed by atoms with Gasteiger partial charge in [-0.15, -0.1) is 5.10 Å². The van der Waals surface area contributed by atoms with E-state index in [2.05, 4.69) is 25.6 Å². The first-order chi connectivity index (χ1) is 20.4. The van der Waals surface area contributed by atoms with E-state index in [1.807, 2.05) is 6.92 Å². The Hall–Kier alpha value is -4.85. The maximum absolute atomic E-state index is 13.0. The summed E-state index contributed by atoms with van der Waals surface area (Å²) in [5.74, 6) is -5.25. The number of anilines is 1. The molecule has 1 aromatic carbocycles. The van der Waals surface area contributed by atoms with Crippen molar-refractivity contribution in [2.75, 3.05) is 18.9 Å². The second-order valence-electron chi connectivity index (χ2n) is 8.38. The third-order valence-electron chi connectivity index (χ3n) is 5.21. The van der Waals surface area contributed by atoms with Crippen LogP contribution < -0.4 is 21.5 Å². The van der Waals surface area contributed by atoms with Gasteiger partial charge in [-0.05, 0) is 32.0 Å². The maximum atomic E-state index is 13.0. The van der Waals surface area contributed by atoms with Crippen LogP contribution >= 0.6 is 11.6 Å². The number of hydrogen-bond donors (Lipinski definition) is 6. The van der Waals surface area contributed by atoms with E-state index >= 15 is 0 Å². The number of nitrogens with zero attached hydrogens (tertiary/aromatic N) is 4. The van der Waals surface area contributed by atoms with Gasteiger partial charge in [0.05, 0.1) is 23.9 Å². The molecule has 1 unspecified atom stereocenters. The first kappa shape index (κ1) is 35.3. The van der Waals surface area contributed by atoms with Gasteiger partial charge in [0.2, 0.25) is 0 Å². The number of fused-ring (bicyclic) bond motifs is 2. The molecule has 8 N–H and O–H groups in total. The third kappa shape index (κ3) is 9.07. The Morgan fingerprint density at radius 2 is 1.75 bits per heavy atom. The Bertz CT molecular complexity index is 1600. The minimum Gasteiger partial charge on any atom is -0.491 e. The van der Waals surface area contributed by atoms with Crippen LogP contribution in [-0.2, 0) is 9.59 Å². The van der Waals surface area contributed by atoms with Gasteiger partial charge in [0, 0.05) is 23.3 Å². The number of carboxylic acid groups (broad SMARTS) is 2. The van der Waals surface area contributed by atoms with Crippen LogP contribution in [0.15, 0.2) is 30.7 Å². The molecule has 0 saturated carbocycles. The lowest BCUT2D eigenvalue weighted by atomic mass is 10.0. The summed E-state index contributed by atoms with van der Waals surface area (Å²) >= 11 is 6.43. The summed E-state index contributed by atoms with van der Waals surface area (Å²) in [5.41, 5.74) is 13.5. The molecule has 1 atom stereocenters. The van der Waals surface area contributed by atoms with Gasteiger partial charge in [-0.2, -0.15) is 31.4 Å². The summed E-state index contributed by atoms with van der Waals surface area (Å²) in [6, 6.07) is 3.02. The van der Waals surface area contributed by atoms with Crippen LogP contribution in [0.3, 0.4) is 0 Å². The van der Waals surface area contributed by atoms with Crippen LogP contribution in [0.4, 0.5) is 32.2 Å². The standard InChI is InChI=1S/C19H21ClN8O2.2C2HF3O2/c1-10(25-19(29)14-17(22)27-28-6-3-5-23-18(14)28)11-8-13(20)12-9-24-26-15(12)16(11)30-7-2-4-21;2*3-2(4,5)1(6)7/h3,5-6,8-10H,2,4,7,21H2,1H3,(H2,22,27)(H,24,26)(H,25,29);2*(H,6,7). The molecule has 240 valence electrons. The maximum Gasteiger partial charge on any atom is 0.490 e. The van der Waals surface area contributed by atoms with E-state index in [-0.39, 0.29) is 11.4 Å². The van der Waals surface area contributed by atoms with E-state index < -0.39 is 36.2 Å². The van der Waals surface area contributed by atoms with Crippen molar-refractivity contribution in [2.45, 2.75) is 31.7 Å². The molecule has 0 spiro atoms. The zero-order valence-electron chi connectivity index (χ0n) is 22.2. The van der Waals surface area contributed by atoms with Gasteiger partial charge >= 0.3 is 24.3 Å². The molecule has 0 radical (unpaired) electrons. The lowest BCUT2D eigenvalue weighted by molar-refractivity contribution is -0.193. The van der Waals surface area contributed by atoms with Crippen LogP contribution in [0, 0.1) is 0 Å². The Kier molecular flexibility index (Phi) is 11.7. The number of carbonyl (C=O) groups excluding carboxylic acids is 1. The molecule has 0 aliphatic rings. The number of aliphatic carboxylic acids is 2. The van der Waals surface area contributed by atoms with Gasteiger partial charge in [0.15, 0.2) is 11.5 Å². The van der Waals surface area contributed by atoms with Gasteiger partial charge in [0.1, 0.15) is 16.8 Å². The van der Waals surface area contributed by atoms with Gasteiger partial charge in [-0.1, -0.05) is 11.6 Å². The van der Waals surface area contributed by atoms with Gasteiger partial charge in [0.25, 0.3) is 5.91 Å². The van der Waals surface area contributed by atoms with Gasteiger partial charge in [-0.3, -0.25) is 9.89 Å². The summed E-state index contributed by atoms with van der Waals surface area (Å²) in [7, 11) is 0. The number of alkyl halides is 6. The normalized spacial score (nSPS) is 12.0. The number of rotatable bonds is 7. The Morgan fingerprint density at radius 1 is 1.16 bits per heavy atom. The highest BCUT2D eigenvalue weighted by molar-refractivity contribution is 6.35. The fourth-order valence-corrected chi connectivity index (χ4v) is 3.53. The Balaban J connectivity index is 0.000000402. The number of aromatic amines is 1. The molecular formula is C23H23ClF6N8O6. The second-order valence-corrected chi connectivity index (χ2v) is 8.78. The van der Waals surface area contributed by atoms with Crippen molar-refractivity contribution in [3.8, 4) is 5.75 Å². The van der Waals surface area contributed by atoms with E-state index in [4.69, 9.17) is 47.6 Å². The Labute approximate surface area is 246 Å². The topological polar surface area (TPSA) is 224 Å². The van der Waals surface area contributed by atoms with Crippen molar-refractivity contribution in [2.24, 2.45) is 5.73 Å². The predicted octanol–water partition coefficient (Wildman–Crippen LogP) is 3.33. The molecule has 3 aromatic heterocycles. The number of nitrogens with two attached hydrogens (primary N) is 2. The number of H-pyrrole nitrogens is 1. The molecule has 0 saturated heterocycles. The molecule has 4 aromatic rings. The highest BCUT2D eigenvalue weighted by Crippen LogP contribution is 2.37. The monoisotopic (exact) mass is 656 g/mol. The summed E-state index contributed by atoms with van der Waals surface area (Å²) in [4.78, 5) is 35.0. The lowest BCUT2D eigenvalue weighted by Crippen LogP contribution is -2.28. The number of benzene rings is 1. The molecule has 3 heterocycles. The molecule has 0 fully saturated rings. The van der Waals surface area contributed by atoms with Crippen LogP contribution in [0.2, 0.25) is 5.02 Å². The minimum absolute atomic E-state index is 0.0971. The van der Waals surface area contributed by atoms with Gasteiger partial charge < -0.3 is 31.7 Å². The first-order valence-corrected chi connectivity index (χ1v) is 12.3. The predicted molar refractivity (Wildman–Crippen MR) is 141 cm³/mol. The van der Waals surface area contributed by atoms with Crippen molar-refractivity contribution in [1.82, 2.24) is 30.1 Å². The molecule has 0 aliphatic carbocycles. The van der Waals surface area contributed by atoms with E-state index in [0.29, 0.717) is 47.1 Å². The number of aromatic nitrogens is 5. The zero-order chi connectivity index (χ0) is 33.4. The molecule has 0 aliphatic heterocycles. The molecule has 21 heteroatoms. The highest BCUT2D eigenvalue weighted by atomic mass is 35.5. The van der Waals surface area contributed by atoms with Crippen LogP contribution in [0.5, 0.6) is 5.75 Å². The number of carboxylic acids is 2. The fourth-order valence-electron chi connectivity index (χ4n) is 3.27. The zero-order valence-corrected chi connectivity index (χ0v) is 23.0. The van der Waals surface area contributed by atoms with Crippen molar-refractivity contribution in [1.29, 1.82) is 0 Å². The average molecular weight is 657 g/mol. The lowest BCUT2D eigenvalue weighted by Gasteiger charge is -2.19. The number of ether oxygens (including phenoxy) is 1. The quantitative estimate of drug-likeness (QED) is 0.125. The molecule has 14 nitrogen and oxygen atoms in total. The Morgan fingerprint density at radius 3 is 2.30 bits per heavy atom. The first-order valence-electron chi connectivity index (χ1n) is 11.9. The molecule has 1 amide bonds. The second kappa shape index (κ2) is 14.6.